The van der Waals surface area contributed by atoms with Crippen molar-refractivity contribution in [1.82, 2.24) is 5.43 Å². The predicted molar refractivity (Wildman–Crippen MR) is 64.9 cm³/mol. The van der Waals surface area contributed by atoms with Crippen LogP contribution < -0.4 is 10.2 Å². The van der Waals surface area contributed by atoms with Gasteiger partial charge in [0.2, 0.25) is 0 Å². The molecule has 0 saturated heterocycles. The summed E-state index contributed by atoms with van der Waals surface area (Å²) < 4.78 is 5.56. The van der Waals surface area contributed by atoms with E-state index >= 15 is 0 Å². The monoisotopic (exact) mass is 222 g/mol. The summed E-state index contributed by atoms with van der Waals surface area (Å²) in [5, 5.41) is 12.5. The molecule has 0 aromatic heterocycles. The number of rotatable bonds is 6. The van der Waals surface area contributed by atoms with Crippen LogP contribution in [0.15, 0.2) is 29.4 Å². The van der Waals surface area contributed by atoms with Gasteiger partial charge >= 0.3 is 0 Å². The highest BCUT2D eigenvalue weighted by Gasteiger charge is 1.97. The van der Waals surface area contributed by atoms with Crippen LogP contribution in [0.3, 0.4) is 0 Å². The molecule has 88 valence electrons. The van der Waals surface area contributed by atoms with E-state index in [-0.39, 0.29) is 12.7 Å². The Labute approximate surface area is 95.9 Å². The maximum absolute atomic E-state index is 8.55. The lowest BCUT2D eigenvalue weighted by Crippen LogP contribution is -2.11. The summed E-state index contributed by atoms with van der Waals surface area (Å²) in [4.78, 5) is 0. The molecule has 0 bridgehead atoms. The second kappa shape index (κ2) is 6.85. The number of nitrogens with zero attached hydrogens (tertiary/aromatic N) is 1. The lowest BCUT2D eigenvalue weighted by atomic mass is 10.2. The van der Waals surface area contributed by atoms with E-state index in [4.69, 9.17) is 9.84 Å². The highest BCUT2D eigenvalue weighted by Crippen LogP contribution is 2.13. The van der Waals surface area contributed by atoms with Crippen molar-refractivity contribution in [3.05, 3.63) is 29.8 Å². The normalized spacial score (nSPS) is 11.0. The van der Waals surface area contributed by atoms with Crippen LogP contribution in [0, 0.1) is 0 Å². The molecule has 0 spiro atoms. The van der Waals surface area contributed by atoms with Gasteiger partial charge in [-0.2, -0.15) is 5.10 Å². The number of nitrogens with one attached hydrogen (secondary N) is 1. The fraction of sp³-hybridized carbons (Fsp3) is 0.417. The predicted octanol–water partition coefficient (Wildman–Crippen LogP) is 1.39. The molecule has 4 nitrogen and oxygen atoms in total. The molecule has 1 rings (SSSR count). The number of benzene rings is 1. The van der Waals surface area contributed by atoms with Crippen molar-refractivity contribution in [2.75, 3.05) is 13.2 Å². The van der Waals surface area contributed by atoms with E-state index < -0.39 is 0 Å². The Bertz CT molecular complexity index is 338. The van der Waals surface area contributed by atoms with Crippen molar-refractivity contribution in [2.24, 2.45) is 5.10 Å². The zero-order valence-corrected chi connectivity index (χ0v) is 9.68. The van der Waals surface area contributed by atoms with Gasteiger partial charge < -0.3 is 15.3 Å². The third-order valence-corrected chi connectivity index (χ3v) is 1.76. The standard InChI is InChI=1S/C12H18N2O2/c1-10(2)16-12-5-3-4-11(8-12)9-14-13-6-7-15/h3-5,8-10,13,15H,6-7H2,1-2H3. The van der Waals surface area contributed by atoms with Crippen LogP contribution >= 0.6 is 0 Å². The van der Waals surface area contributed by atoms with E-state index in [1.807, 2.05) is 38.1 Å². The number of aliphatic hydroxyl groups excluding tert-OH is 1. The van der Waals surface area contributed by atoms with Crippen molar-refractivity contribution in [3.8, 4) is 5.75 Å². The van der Waals surface area contributed by atoms with E-state index in [9.17, 15) is 0 Å². The Kier molecular flexibility index (Phi) is 5.36. The molecule has 16 heavy (non-hydrogen) atoms. The summed E-state index contributed by atoms with van der Waals surface area (Å²) >= 11 is 0. The van der Waals surface area contributed by atoms with Crippen molar-refractivity contribution in [1.29, 1.82) is 0 Å². The Balaban J connectivity index is 2.56. The van der Waals surface area contributed by atoms with Gasteiger partial charge in [-0.1, -0.05) is 12.1 Å². The average molecular weight is 222 g/mol. The maximum Gasteiger partial charge on any atom is 0.120 e. The zero-order chi connectivity index (χ0) is 11.8. The van der Waals surface area contributed by atoms with Gasteiger partial charge in [0.05, 0.1) is 25.5 Å². The molecule has 0 fully saturated rings. The summed E-state index contributed by atoms with van der Waals surface area (Å²) in [5.41, 5.74) is 3.68. The van der Waals surface area contributed by atoms with Crippen LogP contribution in [0.2, 0.25) is 0 Å². The Morgan fingerprint density at radius 1 is 1.50 bits per heavy atom. The molecule has 0 atom stereocenters. The highest BCUT2D eigenvalue weighted by atomic mass is 16.5. The van der Waals surface area contributed by atoms with Crippen LogP contribution in [-0.4, -0.2) is 30.6 Å². The van der Waals surface area contributed by atoms with Crippen molar-refractivity contribution in [3.63, 3.8) is 0 Å². The summed E-state index contributed by atoms with van der Waals surface area (Å²) in [5.74, 6) is 0.834. The molecule has 1 aromatic carbocycles. The zero-order valence-electron chi connectivity index (χ0n) is 9.68. The van der Waals surface area contributed by atoms with Crippen molar-refractivity contribution < 1.29 is 9.84 Å². The van der Waals surface area contributed by atoms with Crippen molar-refractivity contribution >= 4 is 6.21 Å². The van der Waals surface area contributed by atoms with Gasteiger partial charge in [-0.3, -0.25) is 0 Å². The van der Waals surface area contributed by atoms with Gasteiger partial charge in [0.15, 0.2) is 0 Å². The third-order valence-electron chi connectivity index (χ3n) is 1.76. The van der Waals surface area contributed by atoms with E-state index in [1.165, 1.54) is 0 Å². The van der Waals surface area contributed by atoms with E-state index in [0.717, 1.165) is 11.3 Å². The smallest absolute Gasteiger partial charge is 0.120 e. The van der Waals surface area contributed by atoms with Crippen LogP contribution in [0.25, 0.3) is 0 Å². The lowest BCUT2D eigenvalue weighted by molar-refractivity contribution is 0.242. The minimum atomic E-state index is 0.0772. The first-order chi connectivity index (χ1) is 7.72. The molecule has 0 aliphatic carbocycles. The lowest BCUT2D eigenvalue weighted by Gasteiger charge is -2.09. The highest BCUT2D eigenvalue weighted by molar-refractivity contribution is 5.79. The van der Waals surface area contributed by atoms with Crippen molar-refractivity contribution in [2.45, 2.75) is 20.0 Å². The fourth-order valence-corrected chi connectivity index (χ4v) is 1.18. The number of hydrazone groups is 1. The topological polar surface area (TPSA) is 53.8 Å². The number of hydrogen-bond acceptors (Lipinski definition) is 4. The summed E-state index contributed by atoms with van der Waals surface area (Å²) in [6, 6.07) is 7.70. The molecular weight excluding hydrogens is 204 g/mol. The molecule has 0 saturated carbocycles. The molecule has 0 aliphatic rings. The van der Waals surface area contributed by atoms with Crippen LogP contribution in [0.5, 0.6) is 5.75 Å². The molecule has 0 heterocycles. The van der Waals surface area contributed by atoms with Gasteiger partial charge in [0.25, 0.3) is 0 Å². The molecular formula is C12H18N2O2. The average Bonchev–Trinajstić information content (AvgIpc) is 2.24. The third kappa shape index (κ3) is 4.79. The van der Waals surface area contributed by atoms with Crippen LogP contribution in [0.1, 0.15) is 19.4 Å². The second-order valence-corrected chi connectivity index (χ2v) is 3.63. The van der Waals surface area contributed by atoms with E-state index in [0.29, 0.717) is 6.54 Å². The first-order valence-electron chi connectivity index (χ1n) is 5.36. The molecule has 2 N–H and O–H groups in total. The number of hydrogen-bond donors (Lipinski definition) is 2. The molecule has 4 heteroatoms. The van der Waals surface area contributed by atoms with Crippen LogP contribution in [-0.2, 0) is 0 Å². The quantitative estimate of drug-likeness (QED) is 0.434. The fourth-order valence-electron chi connectivity index (χ4n) is 1.18. The number of aliphatic hydroxyl groups is 1. The van der Waals surface area contributed by atoms with Gasteiger partial charge in [-0.05, 0) is 31.5 Å². The van der Waals surface area contributed by atoms with Gasteiger partial charge in [0.1, 0.15) is 5.75 Å². The molecule has 0 aliphatic heterocycles. The van der Waals surface area contributed by atoms with Gasteiger partial charge in [0, 0.05) is 0 Å². The van der Waals surface area contributed by atoms with E-state index in [1.54, 1.807) is 6.21 Å². The Hall–Kier alpha value is -1.55. The minimum Gasteiger partial charge on any atom is -0.491 e. The number of ether oxygens (including phenoxy) is 1. The summed E-state index contributed by atoms with van der Waals surface area (Å²) in [6.45, 7) is 4.51. The van der Waals surface area contributed by atoms with Crippen LogP contribution in [0.4, 0.5) is 0 Å². The minimum absolute atomic E-state index is 0.0772. The SMILES string of the molecule is CC(C)Oc1cccc(C=NNCCO)c1. The second-order valence-electron chi connectivity index (χ2n) is 3.63. The first-order valence-corrected chi connectivity index (χ1v) is 5.36. The van der Waals surface area contributed by atoms with E-state index in [2.05, 4.69) is 10.5 Å². The largest absolute Gasteiger partial charge is 0.491 e. The first kappa shape index (κ1) is 12.5. The molecule has 0 unspecified atom stereocenters. The maximum atomic E-state index is 8.55. The van der Waals surface area contributed by atoms with Gasteiger partial charge in [-0.15, -0.1) is 0 Å². The van der Waals surface area contributed by atoms with Gasteiger partial charge in [-0.25, -0.2) is 0 Å². The molecule has 1 aromatic rings. The summed E-state index contributed by atoms with van der Waals surface area (Å²) in [7, 11) is 0. The Morgan fingerprint density at radius 2 is 2.31 bits per heavy atom. The summed E-state index contributed by atoms with van der Waals surface area (Å²) in [6.07, 6.45) is 1.86. The molecule has 0 radical (unpaired) electrons. The Morgan fingerprint density at radius 3 is 3.00 bits per heavy atom. The molecule has 0 amide bonds.